The van der Waals surface area contributed by atoms with Crippen LogP contribution < -0.4 is 9.46 Å². The van der Waals surface area contributed by atoms with Gasteiger partial charge in [-0.1, -0.05) is 17.7 Å². The molecule has 0 saturated carbocycles. The van der Waals surface area contributed by atoms with Crippen molar-refractivity contribution < 1.29 is 13.2 Å². The molecule has 0 heterocycles. The summed E-state index contributed by atoms with van der Waals surface area (Å²) in [5, 5.41) is 8.60. The van der Waals surface area contributed by atoms with Gasteiger partial charge in [-0.2, -0.15) is 5.26 Å². The van der Waals surface area contributed by atoms with Crippen LogP contribution >= 0.6 is 11.6 Å². The Morgan fingerprint density at radius 3 is 2.50 bits per heavy atom. The van der Waals surface area contributed by atoms with Gasteiger partial charge < -0.3 is 4.74 Å². The van der Waals surface area contributed by atoms with E-state index >= 15 is 0 Å². The lowest BCUT2D eigenvalue weighted by Gasteiger charge is -2.10. The van der Waals surface area contributed by atoms with E-state index < -0.39 is 10.0 Å². The molecule has 5 nitrogen and oxygen atoms in total. The van der Waals surface area contributed by atoms with Crippen molar-refractivity contribution in [3.8, 4) is 11.8 Å². The van der Waals surface area contributed by atoms with Gasteiger partial charge in [0.05, 0.1) is 5.02 Å². The molecule has 0 radical (unpaired) electrons. The van der Waals surface area contributed by atoms with Gasteiger partial charge >= 0.3 is 0 Å². The smallest absolute Gasteiger partial charge is 0.263 e. The van der Waals surface area contributed by atoms with Crippen molar-refractivity contribution in [1.82, 2.24) is 0 Å². The first-order valence-electron chi connectivity index (χ1n) is 6.31. The van der Waals surface area contributed by atoms with E-state index in [1.165, 1.54) is 6.07 Å². The summed E-state index contributed by atoms with van der Waals surface area (Å²) in [5.41, 5.74) is 1.25. The maximum Gasteiger partial charge on any atom is 0.263 e. The Kier molecular flexibility index (Phi) is 4.91. The van der Waals surface area contributed by atoms with Crippen molar-refractivity contribution in [2.75, 3.05) is 11.3 Å². The molecule has 0 saturated heterocycles. The number of halogens is 1. The van der Waals surface area contributed by atoms with Crippen molar-refractivity contribution in [3.05, 3.63) is 53.1 Å². The van der Waals surface area contributed by atoms with Crippen molar-refractivity contribution >= 4 is 27.3 Å². The standard InChI is InChI=1S/C15H13ClN2O3S/c1-11-2-7-15(14(16)10-11)22(19,20)18-12-3-5-13(6-4-12)21-9-8-17/h2-7,10,18H,9H2,1H3. The van der Waals surface area contributed by atoms with Gasteiger partial charge in [-0.15, -0.1) is 0 Å². The largest absolute Gasteiger partial charge is 0.479 e. The zero-order valence-corrected chi connectivity index (χ0v) is 13.3. The van der Waals surface area contributed by atoms with Gasteiger partial charge in [-0.3, -0.25) is 4.72 Å². The van der Waals surface area contributed by atoms with E-state index in [2.05, 4.69) is 4.72 Å². The maximum atomic E-state index is 12.3. The molecule has 0 bridgehead atoms. The lowest BCUT2D eigenvalue weighted by Crippen LogP contribution is -2.13. The third kappa shape index (κ3) is 3.91. The van der Waals surface area contributed by atoms with Crippen LogP contribution in [0.4, 0.5) is 5.69 Å². The Bertz CT molecular complexity index is 812. The van der Waals surface area contributed by atoms with Gasteiger partial charge in [-0.05, 0) is 48.9 Å². The predicted molar refractivity (Wildman–Crippen MR) is 84.5 cm³/mol. The van der Waals surface area contributed by atoms with E-state index in [9.17, 15) is 8.42 Å². The highest BCUT2D eigenvalue weighted by Crippen LogP contribution is 2.25. The second kappa shape index (κ2) is 6.69. The molecule has 7 heteroatoms. The van der Waals surface area contributed by atoms with Crippen molar-refractivity contribution in [2.24, 2.45) is 0 Å². The Balaban J connectivity index is 2.20. The fraction of sp³-hybridized carbons (Fsp3) is 0.133. The van der Waals surface area contributed by atoms with Gasteiger partial charge in [0.25, 0.3) is 10.0 Å². The molecule has 2 aromatic rings. The number of aryl methyl sites for hydroxylation is 1. The number of hydrogen-bond acceptors (Lipinski definition) is 4. The third-order valence-corrected chi connectivity index (χ3v) is 4.65. The van der Waals surface area contributed by atoms with E-state index in [1.807, 2.05) is 13.0 Å². The molecule has 0 amide bonds. The molecule has 0 aliphatic heterocycles. The Hall–Kier alpha value is -2.23. The number of nitriles is 1. The van der Waals surface area contributed by atoms with Crippen LogP contribution in [0.2, 0.25) is 5.02 Å². The molecule has 0 unspecified atom stereocenters. The average molecular weight is 337 g/mol. The van der Waals surface area contributed by atoms with Crippen molar-refractivity contribution in [3.63, 3.8) is 0 Å². The Morgan fingerprint density at radius 2 is 1.91 bits per heavy atom. The third-order valence-electron chi connectivity index (χ3n) is 2.79. The molecule has 0 aliphatic rings. The zero-order chi connectivity index (χ0) is 16.2. The number of sulfonamides is 1. The summed E-state index contributed by atoms with van der Waals surface area (Å²) in [4.78, 5) is 0.0181. The van der Waals surface area contributed by atoms with Gasteiger partial charge in [0.1, 0.15) is 16.7 Å². The first-order valence-corrected chi connectivity index (χ1v) is 8.17. The molecule has 2 rings (SSSR count). The van der Waals surface area contributed by atoms with Crippen LogP contribution in [-0.2, 0) is 10.0 Å². The SMILES string of the molecule is Cc1ccc(S(=O)(=O)Nc2ccc(OCC#N)cc2)c(Cl)c1. The van der Waals surface area contributed by atoms with Crippen LogP contribution in [-0.4, -0.2) is 15.0 Å². The Morgan fingerprint density at radius 1 is 1.23 bits per heavy atom. The zero-order valence-electron chi connectivity index (χ0n) is 11.7. The normalized spacial score (nSPS) is 10.8. The summed E-state index contributed by atoms with van der Waals surface area (Å²) in [6.07, 6.45) is 0. The lowest BCUT2D eigenvalue weighted by atomic mass is 10.2. The molecule has 2 aromatic carbocycles. The summed E-state index contributed by atoms with van der Waals surface area (Å²) in [6, 6.07) is 12.8. The molecular formula is C15H13ClN2O3S. The number of anilines is 1. The van der Waals surface area contributed by atoms with Gasteiger partial charge in [0.15, 0.2) is 6.61 Å². The van der Waals surface area contributed by atoms with Crippen LogP contribution in [0.1, 0.15) is 5.56 Å². The van der Waals surface area contributed by atoms with Crippen LogP contribution in [0, 0.1) is 18.3 Å². The summed E-state index contributed by atoms with van der Waals surface area (Å²) in [5.74, 6) is 0.484. The number of nitrogens with zero attached hydrogens (tertiary/aromatic N) is 1. The van der Waals surface area contributed by atoms with E-state index in [0.717, 1.165) is 5.56 Å². The number of hydrogen-bond donors (Lipinski definition) is 1. The minimum absolute atomic E-state index is 0.0181. The second-order valence-corrected chi connectivity index (χ2v) is 6.57. The molecule has 22 heavy (non-hydrogen) atoms. The number of nitrogens with one attached hydrogen (secondary N) is 1. The van der Waals surface area contributed by atoms with E-state index in [-0.39, 0.29) is 16.5 Å². The quantitative estimate of drug-likeness (QED) is 0.908. The summed E-state index contributed by atoms with van der Waals surface area (Å²) >= 11 is 5.99. The van der Waals surface area contributed by atoms with Crippen LogP contribution in [0.5, 0.6) is 5.75 Å². The minimum atomic E-state index is -3.77. The van der Waals surface area contributed by atoms with Crippen molar-refractivity contribution in [2.45, 2.75) is 11.8 Å². The first kappa shape index (κ1) is 16.1. The fourth-order valence-corrected chi connectivity index (χ4v) is 3.43. The number of ether oxygens (including phenoxy) is 1. The molecule has 0 aromatic heterocycles. The topological polar surface area (TPSA) is 79.2 Å². The van der Waals surface area contributed by atoms with E-state index in [1.54, 1.807) is 36.4 Å². The highest BCUT2D eigenvalue weighted by Gasteiger charge is 2.17. The van der Waals surface area contributed by atoms with Crippen molar-refractivity contribution in [1.29, 1.82) is 5.26 Å². The maximum absolute atomic E-state index is 12.3. The van der Waals surface area contributed by atoms with Gasteiger partial charge in [-0.25, -0.2) is 8.42 Å². The number of benzene rings is 2. The van der Waals surface area contributed by atoms with E-state index in [0.29, 0.717) is 11.4 Å². The summed E-state index contributed by atoms with van der Waals surface area (Å²) < 4.78 is 32.2. The number of rotatable bonds is 5. The molecule has 0 spiro atoms. The van der Waals surface area contributed by atoms with Crippen LogP contribution in [0.15, 0.2) is 47.4 Å². The average Bonchev–Trinajstić information content (AvgIpc) is 2.45. The highest BCUT2D eigenvalue weighted by atomic mass is 35.5. The minimum Gasteiger partial charge on any atom is -0.479 e. The lowest BCUT2D eigenvalue weighted by molar-refractivity contribution is 0.368. The molecule has 1 N–H and O–H groups in total. The summed E-state index contributed by atoms with van der Waals surface area (Å²) in [6.45, 7) is 1.76. The van der Waals surface area contributed by atoms with E-state index in [4.69, 9.17) is 21.6 Å². The fourth-order valence-electron chi connectivity index (χ4n) is 1.77. The molecule has 0 fully saturated rings. The molecular weight excluding hydrogens is 324 g/mol. The molecule has 114 valence electrons. The predicted octanol–water partition coefficient (Wildman–Crippen LogP) is 3.35. The molecule has 0 aliphatic carbocycles. The monoisotopic (exact) mass is 336 g/mol. The van der Waals surface area contributed by atoms with Crippen LogP contribution in [0.3, 0.4) is 0 Å². The second-order valence-electron chi connectivity index (χ2n) is 4.51. The van der Waals surface area contributed by atoms with Gasteiger partial charge in [0.2, 0.25) is 0 Å². The van der Waals surface area contributed by atoms with Gasteiger partial charge in [0, 0.05) is 5.69 Å². The van der Waals surface area contributed by atoms with Crippen LogP contribution in [0.25, 0.3) is 0 Å². The Labute approximate surface area is 134 Å². The first-order chi connectivity index (χ1) is 10.4. The highest BCUT2D eigenvalue weighted by molar-refractivity contribution is 7.92. The summed E-state index contributed by atoms with van der Waals surface area (Å²) in [7, 11) is -3.77. The molecule has 0 atom stereocenters.